The first-order chi connectivity index (χ1) is 17.6. The number of fused-ring (bicyclic) bond motifs is 2. The zero-order valence-electron chi connectivity index (χ0n) is 20.1. The molecule has 13 heteroatoms. The maximum atomic E-state index is 11.8. The minimum absolute atomic E-state index is 0.0622. The van der Waals surface area contributed by atoms with Crippen molar-refractivity contribution >= 4 is 23.6 Å². The highest BCUT2D eigenvalue weighted by Crippen LogP contribution is 2.26. The summed E-state index contributed by atoms with van der Waals surface area (Å²) in [6.45, 7) is 0.366. The number of rotatable bonds is 9. The van der Waals surface area contributed by atoms with Gasteiger partial charge < -0.3 is 15.3 Å². The Hall–Kier alpha value is -3.94. The maximum Gasteiger partial charge on any atom is 0.317 e. The predicted octanol–water partition coefficient (Wildman–Crippen LogP) is 0.947. The first kappa shape index (κ1) is 27.6. The Kier molecular flexibility index (Phi) is 9.60. The van der Waals surface area contributed by atoms with Gasteiger partial charge in [0, 0.05) is 44.9 Å². The van der Waals surface area contributed by atoms with Gasteiger partial charge in [-0.2, -0.15) is 0 Å². The van der Waals surface area contributed by atoms with Gasteiger partial charge in [-0.1, -0.05) is 18.2 Å². The number of carbonyl (C=O) groups is 3. The molecule has 0 spiro atoms. The summed E-state index contributed by atoms with van der Waals surface area (Å²) in [6, 6.07) is 10.8. The van der Waals surface area contributed by atoms with Crippen LogP contribution in [0.4, 0.5) is 5.69 Å². The molecule has 0 amide bonds. The molecular formula is C24H29N5O8. The van der Waals surface area contributed by atoms with Crippen molar-refractivity contribution < 1.29 is 34.6 Å². The summed E-state index contributed by atoms with van der Waals surface area (Å²) >= 11 is 0. The lowest BCUT2D eigenvalue weighted by atomic mass is 10.00. The summed E-state index contributed by atoms with van der Waals surface area (Å²) in [5.74, 6) is -3.12. The number of non-ortho nitro benzene ring substituents is 1. The molecule has 1 aromatic carbocycles. The molecule has 1 aliphatic rings. The molecule has 0 fully saturated rings. The summed E-state index contributed by atoms with van der Waals surface area (Å²) in [6.07, 6.45) is 0.305. The van der Waals surface area contributed by atoms with Crippen LogP contribution >= 0.6 is 0 Å². The van der Waals surface area contributed by atoms with Crippen LogP contribution in [0.15, 0.2) is 42.5 Å². The Labute approximate surface area is 212 Å². The lowest BCUT2D eigenvalue weighted by Gasteiger charge is -2.34. The van der Waals surface area contributed by atoms with Crippen LogP contribution in [0, 0.1) is 10.1 Å². The number of carboxylic acids is 3. The Morgan fingerprint density at radius 3 is 2.08 bits per heavy atom. The van der Waals surface area contributed by atoms with Gasteiger partial charge in [-0.05, 0) is 24.1 Å². The Morgan fingerprint density at radius 1 is 0.865 bits per heavy atom. The number of nitro groups is 1. The molecule has 0 aliphatic carbocycles. The fraction of sp³-hybridized carbons (Fsp3) is 0.417. The molecule has 2 aromatic rings. The lowest BCUT2D eigenvalue weighted by molar-refractivity contribution is -0.384. The Bertz CT molecular complexity index is 1130. The van der Waals surface area contributed by atoms with E-state index in [1.165, 1.54) is 12.1 Å². The van der Waals surface area contributed by atoms with E-state index in [2.05, 4.69) is 0 Å². The van der Waals surface area contributed by atoms with Crippen LogP contribution < -0.4 is 0 Å². The summed E-state index contributed by atoms with van der Waals surface area (Å²) in [5, 5.41) is 39.4. The molecule has 1 aliphatic heterocycles. The first-order valence-corrected chi connectivity index (χ1v) is 11.6. The first-order valence-electron chi connectivity index (χ1n) is 11.6. The van der Waals surface area contributed by atoms with Crippen molar-refractivity contribution in [1.29, 1.82) is 0 Å². The van der Waals surface area contributed by atoms with Gasteiger partial charge in [0.1, 0.15) is 0 Å². The smallest absolute Gasteiger partial charge is 0.317 e. The van der Waals surface area contributed by atoms with E-state index in [9.17, 15) is 39.8 Å². The third-order valence-corrected chi connectivity index (χ3v) is 6.06. The van der Waals surface area contributed by atoms with Crippen LogP contribution in [-0.2, 0) is 27.3 Å². The number of carboxylic acid groups (broad SMARTS) is 3. The van der Waals surface area contributed by atoms with Crippen LogP contribution in [0.25, 0.3) is 0 Å². The van der Waals surface area contributed by atoms with Gasteiger partial charge in [0.25, 0.3) is 5.69 Å². The van der Waals surface area contributed by atoms with E-state index >= 15 is 0 Å². The van der Waals surface area contributed by atoms with Crippen molar-refractivity contribution in [2.75, 3.05) is 45.8 Å². The van der Waals surface area contributed by atoms with Crippen LogP contribution in [0.1, 0.15) is 23.0 Å². The Balaban J connectivity index is 2.01. The normalized spacial score (nSPS) is 17.9. The molecule has 2 heterocycles. The average Bonchev–Trinajstić information content (AvgIpc) is 2.82. The van der Waals surface area contributed by atoms with E-state index in [4.69, 9.17) is 4.98 Å². The highest BCUT2D eigenvalue weighted by molar-refractivity contribution is 5.70. The van der Waals surface area contributed by atoms with Crippen molar-refractivity contribution in [1.82, 2.24) is 19.7 Å². The van der Waals surface area contributed by atoms with Gasteiger partial charge in [-0.15, -0.1) is 0 Å². The lowest BCUT2D eigenvalue weighted by Crippen LogP contribution is -2.45. The molecule has 2 bridgehead atoms. The van der Waals surface area contributed by atoms with Crippen LogP contribution in [0.2, 0.25) is 0 Å². The molecule has 0 radical (unpaired) electrons. The second-order valence-corrected chi connectivity index (χ2v) is 8.84. The standard InChI is InChI=1S/C24H29N5O8/c30-22(31)14-26-8-9-27(15-23(32)33)13-18-2-1-3-20(25-18)21(28(11-10-26)16-24(34)35)12-17-4-6-19(7-5-17)29(36)37/h1-7,21H,8-16H2,(H,30,31)(H,32,33)(H,34,35). The number of hydrogen-bond donors (Lipinski definition) is 3. The molecule has 0 saturated heterocycles. The average molecular weight is 516 g/mol. The topological polar surface area (TPSA) is 178 Å². The molecule has 1 unspecified atom stereocenters. The molecule has 1 aromatic heterocycles. The minimum Gasteiger partial charge on any atom is -0.480 e. The summed E-state index contributed by atoms with van der Waals surface area (Å²) in [4.78, 5) is 55.0. The van der Waals surface area contributed by atoms with Crippen LogP contribution in [0.5, 0.6) is 0 Å². The van der Waals surface area contributed by atoms with E-state index in [0.717, 1.165) is 5.56 Å². The zero-order valence-corrected chi connectivity index (χ0v) is 20.1. The van der Waals surface area contributed by atoms with Crippen molar-refractivity contribution in [3.63, 3.8) is 0 Å². The predicted molar refractivity (Wildman–Crippen MR) is 130 cm³/mol. The minimum atomic E-state index is -1.06. The molecule has 3 N–H and O–H groups in total. The van der Waals surface area contributed by atoms with Crippen molar-refractivity contribution in [3.05, 3.63) is 69.5 Å². The van der Waals surface area contributed by atoms with Crippen molar-refractivity contribution in [3.8, 4) is 0 Å². The number of aliphatic carboxylic acids is 3. The second-order valence-electron chi connectivity index (χ2n) is 8.84. The van der Waals surface area contributed by atoms with E-state index in [-0.39, 0.29) is 58.0 Å². The molecule has 37 heavy (non-hydrogen) atoms. The molecular weight excluding hydrogens is 486 g/mol. The largest absolute Gasteiger partial charge is 0.480 e. The van der Waals surface area contributed by atoms with Gasteiger partial charge >= 0.3 is 17.9 Å². The summed E-state index contributed by atoms with van der Waals surface area (Å²) in [7, 11) is 0. The van der Waals surface area contributed by atoms with Gasteiger partial charge in [0.05, 0.1) is 42.0 Å². The van der Waals surface area contributed by atoms with Gasteiger partial charge in [0.2, 0.25) is 0 Å². The Morgan fingerprint density at radius 2 is 1.46 bits per heavy atom. The number of nitro benzene ring substituents is 1. The highest BCUT2D eigenvalue weighted by atomic mass is 16.6. The van der Waals surface area contributed by atoms with Gasteiger partial charge in [-0.25, -0.2) is 0 Å². The highest BCUT2D eigenvalue weighted by Gasteiger charge is 2.27. The fourth-order valence-electron chi connectivity index (χ4n) is 4.34. The molecule has 1 atom stereocenters. The molecule has 13 nitrogen and oxygen atoms in total. The van der Waals surface area contributed by atoms with E-state index < -0.39 is 28.9 Å². The fourth-order valence-corrected chi connectivity index (χ4v) is 4.34. The third kappa shape index (κ3) is 8.59. The maximum absolute atomic E-state index is 11.8. The number of benzene rings is 1. The van der Waals surface area contributed by atoms with E-state index in [1.807, 2.05) is 0 Å². The molecule has 0 saturated carbocycles. The van der Waals surface area contributed by atoms with Crippen molar-refractivity contribution in [2.24, 2.45) is 0 Å². The van der Waals surface area contributed by atoms with E-state index in [0.29, 0.717) is 17.8 Å². The SMILES string of the molecule is O=C(O)CN1CCN(CC(=O)O)Cc2cccc(n2)C(Cc2ccc([N+](=O)[O-])cc2)N(CC(=O)O)CC1. The molecule has 198 valence electrons. The monoisotopic (exact) mass is 515 g/mol. The quantitative estimate of drug-likeness (QED) is 0.319. The van der Waals surface area contributed by atoms with Crippen molar-refractivity contribution in [2.45, 2.75) is 19.0 Å². The molecule has 3 rings (SSSR count). The summed E-state index contributed by atoms with van der Waals surface area (Å²) in [5.41, 5.74) is 1.83. The number of aromatic nitrogens is 1. The van der Waals surface area contributed by atoms with E-state index in [1.54, 1.807) is 45.0 Å². The van der Waals surface area contributed by atoms with Crippen LogP contribution in [0.3, 0.4) is 0 Å². The second kappa shape index (κ2) is 12.9. The number of hydrogen-bond acceptors (Lipinski definition) is 9. The number of nitrogens with zero attached hydrogens (tertiary/aromatic N) is 5. The van der Waals surface area contributed by atoms with Gasteiger partial charge in [-0.3, -0.25) is 44.2 Å². The zero-order chi connectivity index (χ0) is 26.9. The van der Waals surface area contributed by atoms with Crippen LogP contribution in [-0.4, -0.2) is 104 Å². The summed E-state index contributed by atoms with van der Waals surface area (Å²) < 4.78 is 0. The third-order valence-electron chi connectivity index (χ3n) is 6.06. The number of pyridine rings is 1. The van der Waals surface area contributed by atoms with Gasteiger partial charge in [0.15, 0.2) is 0 Å².